The van der Waals surface area contributed by atoms with Gasteiger partial charge >= 0.3 is 0 Å². The van der Waals surface area contributed by atoms with E-state index in [1.165, 1.54) is 5.56 Å². The zero-order chi connectivity index (χ0) is 35.2. The lowest BCUT2D eigenvalue weighted by atomic mass is 9.78. The van der Waals surface area contributed by atoms with Gasteiger partial charge in [0.05, 0.1) is 31.1 Å². The Hall–Kier alpha value is -2.08. The summed E-state index contributed by atoms with van der Waals surface area (Å²) in [5.41, 5.74) is 3.86. The van der Waals surface area contributed by atoms with Crippen LogP contribution in [0.3, 0.4) is 0 Å². The highest BCUT2D eigenvalue weighted by Crippen LogP contribution is 2.44. The van der Waals surface area contributed by atoms with E-state index in [4.69, 9.17) is 18.9 Å². The molecule has 10 heteroatoms. The fraction of sp³-hybridized carbons (Fsp3) is 0.368. The van der Waals surface area contributed by atoms with Crippen molar-refractivity contribution < 1.29 is 29.2 Å². The SMILES string of the molecule is CCC(O)COc1c(Br)cc(C(C)(C)c2cc(Br)c(OCC(O)COc3ccc(C(C)(C)c4ccc(OC)cc4)cc3)c(Br)c2)cc1Br. The smallest absolute Gasteiger partial charge is 0.147 e. The third-order valence-electron chi connectivity index (χ3n) is 8.58. The Labute approximate surface area is 317 Å². The van der Waals surface area contributed by atoms with E-state index < -0.39 is 12.2 Å². The normalized spacial score (nSPS) is 13.2. The van der Waals surface area contributed by atoms with Crippen molar-refractivity contribution in [2.45, 2.75) is 64.1 Å². The molecule has 0 bridgehead atoms. The molecule has 0 amide bonds. The van der Waals surface area contributed by atoms with Gasteiger partial charge in [-0.1, -0.05) is 58.9 Å². The maximum absolute atomic E-state index is 10.7. The Morgan fingerprint density at radius 3 is 1.29 bits per heavy atom. The van der Waals surface area contributed by atoms with Crippen LogP contribution in [0, 0.1) is 0 Å². The summed E-state index contributed by atoms with van der Waals surface area (Å²) in [6.45, 7) is 10.9. The summed E-state index contributed by atoms with van der Waals surface area (Å²) in [5.74, 6) is 2.76. The number of benzene rings is 4. The predicted molar refractivity (Wildman–Crippen MR) is 206 cm³/mol. The minimum Gasteiger partial charge on any atom is -0.497 e. The van der Waals surface area contributed by atoms with Crippen molar-refractivity contribution in [3.63, 3.8) is 0 Å². The number of ether oxygens (including phenoxy) is 4. The highest BCUT2D eigenvalue weighted by Gasteiger charge is 2.28. The molecule has 2 N–H and O–H groups in total. The highest BCUT2D eigenvalue weighted by atomic mass is 79.9. The summed E-state index contributed by atoms with van der Waals surface area (Å²) in [5, 5.41) is 20.6. The van der Waals surface area contributed by atoms with Crippen LogP contribution in [0.15, 0.2) is 90.7 Å². The number of rotatable bonds is 15. The minimum absolute atomic E-state index is 0.0522. The first-order valence-corrected chi connectivity index (χ1v) is 18.8. The van der Waals surface area contributed by atoms with E-state index in [-0.39, 0.29) is 30.7 Å². The molecule has 2 unspecified atom stereocenters. The summed E-state index contributed by atoms with van der Waals surface area (Å²) in [6, 6.07) is 24.2. The molecular formula is C38H42Br4O6. The van der Waals surface area contributed by atoms with Crippen molar-refractivity contribution in [1.29, 1.82) is 0 Å². The molecule has 2 atom stereocenters. The number of hydrogen-bond donors (Lipinski definition) is 2. The third-order valence-corrected chi connectivity index (χ3v) is 10.9. The van der Waals surface area contributed by atoms with Gasteiger partial charge in [-0.15, -0.1) is 0 Å². The van der Waals surface area contributed by atoms with Crippen molar-refractivity contribution in [1.82, 2.24) is 0 Å². The number of methoxy groups -OCH3 is 1. The predicted octanol–water partition coefficient (Wildman–Crippen LogP) is 10.4. The van der Waals surface area contributed by atoms with Gasteiger partial charge in [-0.3, -0.25) is 0 Å². The van der Waals surface area contributed by atoms with Crippen LogP contribution in [0.1, 0.15) is 63.3 Å². The van der Waals surface area contributed by atoms with Gasteiger partial charge < -0.3 is 29.2 Å². The molecule has 6 nitrogen and oxygen atoms in total. The molecule has 0 heterocycles. The standard InChI is InChI=1S/C38H42Br4O6/c1-7-27(43)20-47-35-31(39)16-25(17-32(35)40)38(4,5)26-18-33(41)36(34(42)19-26)48-22-28(44)21-46-30-14-10-24(11-15-30)37(2,3)23-8-12-29(45-6)13-9-23/h8-19,27-28,43-44H,7,20-22H2,1-6H3. The average molecular weight is 914 g/mol. The Kier molecular flexibility index (Phi) is 13.5. The Bertz CT molecular complexity index is 1630. The van der Waals surface area contributed by atoms with Crippen molar-refractivity contribution in [3.05, 3.63) is 113 Å². The summed E-state index contributed by atoms with van der Waals surface area (Å²) in [6.07, 6.45) is -0.744. The molecule has 0 aliphatic heterocycles. The summed E-state index contributed by atoms with van der Waals surface area (Å²) < 4.78 is 26.2. The van der Waals surface area contributed by atoms with Gasteiger partial charge in [0.15, 0.2) is 0 Å². The van der Waals surface area contributed by atoms with Gasteiger partial charge in [-0.25, -0.2) is 0 Å². The fourth-order valence-electron chi connectivity index (χ4n) is 5.14. The van der Waals surface area contributed by atoms with Crippen molar-refractivity contribution in [2.24, 2.45) is 0 Å². The molecule has 258 valence electrons. The Morgan fingerprint density at radius 1 is 0.542 bits per heavy atom. The van der Waals surface area contributed by atoms with Crippen LogP contribution >= 0.6 is 63.7 Å². The van der Waals surface area contributed by atoms with E-state index in [1.807, 2.05) is 55.5 Å². The van der Waals surface area contributed by atoms with E-state index in [0.717, 1.165) is 40.3 Å². The second kappa shape index (κ2) is 16.8. The van der Waals surface area contributed by atoms with E-state index in [0.29, 0.717) is 23.7 Å². The van der Waals surface area contributed by atoms with Crippen molar-refractivity contribution in [3.8, 4) is 23.0 Å². The largest absolute Gasteiger partial charge is 0.497 e. The number of halogens is 4. The van der Waals surface area contributed by atoms with Gasteiger partial charge in [0.2, 0.25) is 0 Å². The molecule has 4 rings (SSSR count). The van der Waals surface area contributed by atoms with E-state index in [9.17, 15) is 10.2 Å². The van der Waals surface area contributed by atoms with Crippen LogP contribution in [0.2, 0.25) is 0 Å². The second-order valence-corrected chi connectivity index (χ2v) is 16.1. The lowest BCUT2D eigenvalue weighted by Gasteiger charge is -2.28. The lowest BCUT2D eigenvalue weighted by molar-refractivity contribution is 0.0621. The molecule has 0 aliphatic carbocycles. The molecule has 0 radical (unpaired) electrons. The van der Waals surface area contributed by atoms with Crippen LogP contribution in [0.4, 0.5) is 0 Å². The number of aliphatic hydroxyl groups excluding tert-OH is 2. The highest BCUT2D eigenvalue weighted by molar-refractivity contribution is 9.11. The molecule has 48 heavy (non-hydrogen) atoms. The van der Waals surface area contributed by atoms with Crippen molar-refractivity contribution in [2.75, 3.05) is 26.9 Å². The molecule has 0 saturated carbocycles. The first-order valence-electron chi connectivity index (χ1n) is 15.7. The van der Waals surface area contributed by atoms with Gasteiger partial charge in [-0.2, -0.15) is 0 Å². The summed E-state index contributed by atoms with van der Waals surface area (Å²) in [7, 11) is 1.67. The van der Waals surface area contributed by atoms with Crippen LogP contribution < -0.4 is 18.9 Å². The van der Waals surface area contributed by atoms with Crippen molar-refractivity contribution >= 4 is 63.7 Å². The molecule has 0 spiro atoms. The molecule has 0 saturated heterocycles. The van der Waals surface area contributed by atoms with Crippen LogP contribution in [-0.2, 0) is 10.8 Å². The van der Waals surface area contributed by atoms with Gasteiger partial charge in [0.25, 0.3) is 0 Å². The zero-order valence-corrected chi connectivity index (χ0v) is 34.3. The third kappa shape index (κ3) is 9.37. The van der Waals surface area contributed by atoms with E-state index >= 15 is 0 Å². The monoisotopic (exact) mass is 910 g/mol. The topological polar surface area (TPSA) is 77.4 Å². The maximum Gasteiger partial charge on any atom is 0.147 e. The molecule has 0 aromatic heterocycles. The maximum atomic E-state index is 10.7. The summed E-state index contributed by atoms with van der Waals surface area (Å²) in [4.78, 5) is 0. The number of hydrogen-bond acceptors (Lipinski definition) is 6. The molecule has 0 fully saturated rings. The quantitative estimate of drug-likeness (QED) is 0.124. The van der Waals surface area contributed by atoms with Crippen LogP contribution in [0.5, 0.6) is 23.0 Å². The lowest BCUT2D eigenvalue weighted by Crippen LogP contribution is -2.25. The minimum atomic E-state index is -0.843. The number of aliphatic hydroxyl groups is 2. The molecule has 0 aliphatic rings. The molecular weight excluding hydrogens is 872 g/mol. The van der Waals surface area contributed by atoms with E-state index in [1.54, 1.807) is 7.11 Å². The summed E-state index contributed by atoms with van der Waals surface area (Å²) >= 11 is 14.7. The second-order valence-electron chi connectivity index (χ2n) is 12.7. The van der Waals surface area contributed by atoms with Gasteiger partial charge in [-0.05, 0) is 141 Å². The Morgan fingerprint density at radius 2 is 0.896 bits per heavy atom. The van der Waals surface area contributed by atoms with Crippen LogP contribution in [0.25, 0.3) is 0 Å². The van der Waals surface area contributed by atoms with Crippen LogP contribution in [-0.4, -0.2) is 49.4 Å². The molecule has 4 aromatic carbocycles. The molecule has 4 aromatic rings. The zero-order valence-electron chi connectivity index (χ0n) is 28.0. The van der Waals surface area contributed by atoms with E-state index in [2.05, 4.69) is 116 Å². The Balaban J connectivity index is 1.36. The van der Waals surface area contributed by atoms with Gasteiger partial charge in [0.1, 0.15) is 48.9 Å². The average Bonchev–Trinajstić information content (AvgIpc) is 3.06. The first-order chi connectivity index (χ1) is 22.7. The van der Waals surface area contributed by atoms with Gasteiger partial charge in [0, 0.05) is 10.8 Å². The fourth-order valence-corrected chi connectivity index (χ4v) is 7.97. The first kappa shape index (κ1) is 38.7.